The third-order valence-electron chi connectivity index (χ3n) is 4.85. The summed E-state index contributed by atoms with van der Waals surface area (Å²) in [7, 11) is 3.39. The van der Waals surface area contributed by atoms with Crippen molar-refractivity contribution < 1.29 is 9.47 Å². The van der Waals surface area contributed by atoms with Gasteiger partial charge in [-0.05, 0) is 18.8 Å². The lowest BCUT2D eigenvalue weighted by Crippen LogP contribution is -2.34. The van der Waals surface area contributed by atoms with Crippen molar-refractivity contribution in [2.24, 2.45) is 5.92 Å². The molecule has 5 heteroatoms. The third-order valence-corrected chi connectivity index (χ3v) is 4.85. The van der Waals surface area contributed by atoms with E-state index >= 15 is 0 Å². The highest BCUT2D eigenvalue weighted by Crippen LogP contribution is 2.31. The van der Waals surface area contributed by atoms with Crippen LogP contribution in [0.1, 0.15) is 50.3 Å². The minimum absolute atomic E-state index is 0.163. The zero-order valence-electron chi connectivity index (χ0n) is 13.2. The van der Waals surface area contributed by atoms with Crippen molar-refractivity contribution in [2.45, 2.75) is 57.3 Å². The van der Waals surface area contributed by atoms with Crippen LogP contribution in [-0.2, 0) is 15.9 Å². The van der Waals surface area contributed by atoms with Gasteiger partial charge in [-0.15, -0.1) is 0 Å². The molecule has 0 spiro atoms. The molecule has 0 radical (unpaired) electrons. The number of nitrogens with zero attached hydrogens (tertiary/aromatic N) is 2. The number of anilines is 1. The minimum Gasteiger partial charge on any atom is -0.370 e. The maximum Gasteiger partial charge on any atom is 0.179 e. The van der Waals surface area contributed by atoms with Crippen LogP contribution in [0.25, 0.3) is 0 Å². The fraction of sp³-hybridized carbons (Fsp3) is 0.812. The maximum absolute atomic E-state index is 5.44. The standard InChI is InChI=1S/C16H27N3O2/c1-20-16(21-2)14-8-9-17-15-11-13(18-19(14)15)10-12-6-4-3-5-7-12/h11-12,14,16-17H,3-10H2,1-2H3. The van der Waals surface area contributed by atoms with Gasteiger partial charge in [-0.2, -0.15) is 5.10 Å². The van der Waals surface area contributed by atoms with Gasteiger partial charge in [-0.25, -0.2) is 4.68 Å². The molecular weight excluding hydrogens is 266 g/mol. The highest BCUT2D eigenvalue weighted by Gasteiger charge is 2.29. The summed E-state index contributed by atoms with van der Waals surface area (Å²) in [5.74, 6) is 1.92. The summed E-state index contributed by atoms with van der Waals surface area (Å²) >= 11 is 0. The normalized spacial score (nSPS) is 23.1. The van der Waals surface area contributed by atoms with E-state index in [0.29, 0.717) is 0 Å². The van der Waals surface area contributed by atoms with Gasteiger partial charge >= 0.3 is 0 Å². The predicted octanol–water partition coefficient (Wildman–Crippen LogP) is 2.98. The first-order chi connectivity index (χ1) is 10.3. The largest absolute Gasteiger partial charge is 0.370 e. The van der Waals surface area contributed by atoms with Crippen molar-refractivity contribution in [3.8, 4) is 0 Å². The van der Waals surface area contributed by atoms with Crippen LogP contribution in [0.4, 0.5) is 5.82 Å². The van der Waals surface area contributed by atoms with E-state index < -0.39 is 0 Å². The Hall–Kier alpha value is -1.07. The Morgan fingerprint density at radius 2 is 2.00 bits per heavy atom. The summed E-state index contributed by atoms with van der Waals surface area (Å²) in [6.45, 7) is 0.947. The van der Waals surface area contributed by atoms with Crippen LogP contribution < -0.4 is 5.32 Å². The van der Waals surface area contributed by atoms with Crippen molar-refractivity contribution in [3.63, 3.8) is 0 Å². The number of hydrogen-bond acceptors (Lipinski definition) is 4. The highest BCUT2D eigenvalue weighted by molar-refractivity contribution is 5.39. The Bertz CT molecular complexity index is 450. The van der Waals surface area contributed by atoms with Crippen LogP contribution in [0.3, 0.4) is 0 Å². The number of methoxy groups -OCH3 is 2. The summed E-state index contributed by atoms with van der Waals surface area (Å²) in [4.78, 5) is 0. The van der Waals surface area contributed by atoms with Crippen LogP contribution >= 0.6 is 0 Å². The summed E-state index contributed by atoms with van der Waals surface area (Å²) in [5, 5.41) is 8.28. The van der Waals surface area contributed by atoms with Gasteiger partial charge in [-0.3, -0.25) is 0 Å². The van der Waals surface area contributed by atoms with Crippen molar-refractivity contribution >= 4 is 5.82 Å². The molecular formula is C16H27N3O2. The molecule has 1 atom stereocenters. The quantitative estimate of drug-likeness (QED) is 0.848. The Labute approximate surface area is 127 Å². The number of hydrogen-bond donors (Lipinski definition) is 1. The van der Waals surface area contributed by atoms with Gasteiger partial charge in [0.1, 0.15) is 11.9 Å². The second-order valence-electron chi connectivity index (χ2n) is 6.30. The summed E-state index contributed by atoms with van der Waals surface area (Å²) < 4.78 is 13.0. The van der Waals surface area contributed by atoms with Crippen LogP contribution in [-0.4, -0.2) is 36.8 Å². The fourth-order valence-electron chi connectivity index (χ4n) is 3.75. The zero-order valence-corrected chi connectivity index (χ0v) is 13.2. The van der Waals surface area contributed by atoms with E-state index in [4.69, 9.17) is 14.6 Å². The smallest absolute Gasteiger partial charge is 0.179 e. The lowest BCUT2D eigenvalue weighted by molar-refractivity contribution is -0.135. The van der Waals surface area contributed by atoms with Crippen molar-refractivity contribution in [2.75, 3.05) is 26.1 Å². The van der Waals surface area contributed by atoms with Crippen LogP contribution in [0.15, 0.2) is 6.07 Å². The van der Waals surface area contributed by atoms with Crippen LogP contribution in [0, 0.1) is 5.92 Å². The van der Waals surface area contributed by atoms with Crippen LogP contribution in [0.5, 0.6) is 0 Å². The second kappa shape index (κ2) is 6.79. The number of fused-ring (bicyclic) bond motifs is 1. The SMILES string of the molecule is COC(OC)C1CCNc2cc(CC3CCCCC3)nn21. The van der Waals surface area contributed by atoms with Crippen molar-refractivity contribution in [3.05, 3.63) is 11.8 Å². The van der Waals surface area contributed by atoms with E-state index in [1.807, 2.05) is 0 Å². The monoisotopic (exact) mass is 293 g/mol. The van der Waals surface area contributed by atoms with Gasteiger partial charge in [-0.1, -0.05) is 32.1 Å². The third kappa shape index (κ3) is 3.24. The Kier molecular flexibility index (Phi) is 4.80. The van der Waals surface area contributed by atoms with Gasteiger partial charge in [0.2, 0.25) is 0 Å². The lowest BCUT2D eigenvalue weighted by atomic mass is 9.86. The molecule has 0 amide bonds. The first-order valence-corrected chi connectivity index (χ1v) is 8.19. The van der Waals surface area contributed by atoms with E-state index in [2.05, 4.69) is 16.1 Å². The summed E-state index contributed by atoms with van der Waals surface area (Å²) in [6.07, 6.45) is 8.75. The summed E-state index contributed by atoms with van der Waals surface area (Å²) in [6, 6.07) is 2.37. The molecule has 1 aliphatic carbocycles. The second-order valence-corrected chi connectivity index (χ2v) is 6.30. The topological polar surface area (TPSA) is 48.3 Å². The zero-order chi connectivity index (χ0) is 14.7. The minimum atomic E-state index is -0.228. The first-order valence-electron chi connectivity index (χ1n) is 8.19. The van der Waals surface area contributed by atoms with Gasteiger partial charge in [0.25, 0.3) is 0 Å². The molecule has 1 aromatic heterocycles. The van der Waals surface area contributed by atoms with E-state index in [1.54, 1.807) is 14.2 Å². The molecule has 0 aromatic carbocycles. The number of ether oxygens (including phenoxy) is 2. The highest BCUT2D eigenvalue weighted by atomic mass is 16.7. The average molecular weight is 293 g/mol. The molecule has 5 nitrogen and oxygen atoms in total. The van der Waals surface area contributed by atoms with E-state index in [-0.39, 0.29) is 12.3 Å². The predicted molar refractivity (Wildman–Crippen MR) is 82.5 cm³/mol. The Morgan fingerprint density at radius 1 is 1.24 bits per heavy atom. The molecule has 2 aliphatic rings. The Morgan fingerprint density at radius 3 is 2.71 bits per heavy atom. The number of rotatable bonds is 5. The molecule has 0 bridgehead atoms. The lowest BCUT2D eigenvalue weighted by Gasteiger charge is -2.30. The summed E-state index contributed by atoms with van der Waals surface area (Å²) in [5.41, 5.74) is 1.21. The molecule has 1 unspecified atom stereocenters. The van der Waals surface area contributed by atoms with E-state index in [0.717, 1.165) is 31.1 Å². The van der Waals surface area contributed by atoms with Gasteiger partial charge < -0.3 is 14.8 Å². The number of aromatic nitrogens is 2. The van der Waals surface area contributed by atoms with E-state index in [1.165, 1.54) is 37.8 Å². The molecule has 1 aromatic rings. The molecule has 21 heavy (non-hydrogen) atoms. The van der Waals surface area contributed by atoms with Gasteiger partial charge in [0.05, 0.1) is 5.69 Å². The van der Waals surface area contributed by atoms with Crippen molar-refractivity contribution in [1.82, 2.24) is 9.78 Å². The molecule has 118 valence electrons. The van der Waals surface area contributed by atoms with E-state index in [9.17, 15) is 0 Å². The maximum atomic E-state index is 5.44. The molecule has 1 aliphatic heterocycles. The molecule has 1 saturated carbocycles. The van der Waals surface area contributed by atoms with Crippen LogP contribution in [0.2, 0.25) is 0 Å². The Balaban J connectivity index is 1.74. The number of nitrogens with one attached hydrogen (secondary N) is 1. The molecule has 3 rings (SSSR count). The molecule has 1 fully saturated rings. The molecule has 2 heterocycles. The molecule has 1 N–H and O–H groups in total. The van der Waals surface area contributed by atoms with Gasteiger partial charge in [0, 0.05) is 26.8 Å². The van der Waals surface area contributed by atoms with Crippen molar-refractivity contribution in [1.29, 1.82) is 0 Å². The first kappa shape index (κ1) is 14.9. The molecule has 0 saturated heterocycles. The fourth-order valence-corrected chi connectivity index (χ4v) is 3.75. The average Bonchev–Trinajstić information content (AvgIpc) is 2.92. The van der Waals surface area contributed by atoms with Gasteiger partial charge in [0.15, 0.2) is 6.29 Å².